The molecule has 1 rings (SSSR count). The van der Waals surface area contributed by atoms with Crippen LogP contribution in [0.5, 0.6) is 0 Å². The maximum absolute atomic E-state index is 12.7. The summed E-state index contributed by atoms with van der Waals surface area (Å²) in [4.78, 5) is 14.7. The van der Waals surface area contributed by atoms with Crippen LogP contribution in [0.15, 0.2) is 18.2 Å². The average Bonchev–Trinajstić information content (AvgIpc) is 2.51. The predicted octanol–water partition coefficient (Wildman–Crippen LogP) is 3.23. The highest BCUT2D eigenvalue weighted by Gasteiger charge is 2.26. The van der Waals surface area contributed by atoms with E-state index in [9.17, 15) is 9.90 Å². The molecule has 0 aliphatic heterocycles. The van der Waals surface area contributed by atoms with Gasteiger partial charge in [-0.3, -0.25) is 9.69 Å². The summed E-state index contributed by atoms with van der Waals surface area (Å²) >= 11 is 0. The Hall–Kier alpha value is -1.39. The van der Waals surface area contributed by atoms with E-state index in [1.54, 1.807) is 13.8 Å². The van der Waals surface area contributed by atoms with Crippen LogP contribution in [0.4, 0.5) is 5.69 Å². The molecule has 0 aliphatic rings. The number of para-hydroxylation sites is 1. The molecule has 4 heteroatoms. The number of aliphatic hydroxyl groups is 1. The second kappa shape index (κ2) is 8.46. The normalized spacial score (nSPS) is 13.2. The summed E-state index contributed by atoms with van der Waals surface area (Å²) in [6.07, 6.45) is 1.78. The molecule has 0 saturated heterocycles. The molecule has 0 spiro atoms. The number of rotatable bonds is 8. The Bertz CT molecular complexity index is 498. The first-order valence-electron chi connectivity index (χ1n) is 8.61. The van der Waals surface area contributed by atoms with E-state index in [1.165, 1.54) is 0 Å². The zero-order valence-corrected chi connectivity index (χ0v) is 15.4. The molecule has 2 N–H and O–H groups in total. The number of likely N-dealkylation sites (N-methyl/N-ethyl adjacent to an activating group) is 1. The molecule has 0 heterocycles. The number of carbonyl (C=O) groups is 1. The van der Waals surface area contributed by atoms with Gasteiger partial charge in [0.2, 0.25) is 5.91 Å². The van der Waals surface area contributed by atoms with E-state index >= 15 is 0 Å². The van der Waals surface area contributed by atoms with E-state index in [0.717, 1.165) is 29.7 Å². The first-order valence-corrected chi connectivity index (χ1v) is 8.61. The van der Waals surface area contributed by atoms with Crippen LogP contribution < -0.4 is 5.32 Å². The van der Waals surface area contributed by atoms with Gasteiger partial charge in [-0.25, -0.2) is 0 Å². The zero-order chi connectivity index (χ0) is 17.6. The van der Waals surface area contributed by atoms with Crippen LogP contribution in [0.1, 0.15) is 52.7 Å². The van der Waals surface area contributed by atoms with Gasteiger partial charge in [0.1, 0.15) is 0 Å². The van der Waals surface area contributed by atoms with Crippen molar-refractivity contribution in [2.75, 3.05) is 18.4 Å². The molecular weight excluding hydrogens is 288 g/mol. The SMILES string of the molecule is CCc1cccc(CC)c1NC(=O)C(C)N(CC)CC(C)(C)O. The van der Waals surface area contributed by atoms with Gasteiger partial charge in [0.05, 0.1) is 11.6 Å². The molecule has 0 saturated carbocycles. The van der Waals surface area contributed by atoms with Crippen molar-refractivity contribution < 1.29 is 9.90 Å². The second-order valence-corrected chi connectivity index (χ2v) is 6.70. The zero-order valence-electron chi connectivity index (χ0n) is 15.4. The average molecular weight is 320 g/mol. The van der Waals surface area contributed by atoms with Crippen LogP contribution in [0.2, 0.25) is 0 Å². The van der Waals surface area contributed by atoms with Crippen LogP contribution in [-0.4, -0.2) is 40.6 Å². The summed E-state index contributed by atoms with van der Waals surface area (Å²) in [7, 11) is 0. The summed E-state index contributed by atoms with van der Waals surface area (Å²) in [6.45, 7) is 12.8. The van der Waals surface area contributed by atoms with Crippen LogP contribution in [0.25, 0.3) is 0 Å². The van der Waals surface area contributed by atoms with E-state index in [0.29, 0.717) is 13.1 Å². The third-order valence-corrected chi connectivity index (χ3v) is 4.17. The van der Waals surface area contributed by atoms with Gasteiger partial charge in [0.25, 0.3) is 0 Å². The Morgan fingerprint density at radius 3 is 2.13 bits per heavy atom. The molecule has 1 amide bonds. The number of benzene rings is 1. The van der Waals surface area contributed by atoms with Crippen molar-refractivity contribution in [2.45, 2.75) is 66.0 Å². The highest BCUT2D eigenvalue weighted by atomic mass is 16.3. The fraction of sp³-hybridized carbons (Fsp3) is 0.632. The van der Waals surface area contributed by atoms with E-state index in [2.05, 4.69) is 31.3 Å². The predicted molar refractivity (Wildman–Crippen MR) is 96.8 cm³/mol. The van der Waals surface area contributed by atoms with Crippen molar-refractivity contribution in [3.8, 4) is 0 Å². The monoisotopic (exact) mass is 320 g/mol. The van der Waals surface area contributed by atoms with E-state index in [-0.39, 0.29) is 11.9 Å². The number of hydrogen-bond donors (Lipinski definition) is 2. The fourth-order valence-corrected chi connectivity index (χ4v) is 2.82. The van der Waals surface area contributed by atoms with Gasteiger partial charge in [-0.1, -0.05) is 39.0 Å². The molecule has 23 heavy (non-hydrogen) atoms. The molecule has 0 fully saturated rings. The van der Waals surface area contributed by atoms with Crippen molar-refractivity contribution in [3.63, 3.8) is 0 Å². The Balaban J connectivity index is 2.94. The van der Waals surface area contributed by atoms with E-state index < -0.39 is 5.60 Å². The second-order valence-electron chi connectivity index (χ2n) is 6.70. The minimum Gasteiger partial charge on any atom is -0.389 e. The summed E-state index contributed by atoms with van der Waals surface area (Å²) in [5.41, 5.74) is 2.46. The molecule has 0 aromatic heterocycles. The maximum atomic E-state index is 12.7. The van der Waals surface area contributed by atoms with Gasteiger partial charge in [0, 0.05) is 12.2 Å². The third kappa shape index (κ3) is 5.63. The summed E-state index contributed by atoms with van der Waals surface area (Å²) < 4.78 is 0. The van der Waals surface area contributed by atoms with Gasteiger partial charge >= 0.3 is 0 Å². The van der Waals surface area contributed by atoms with Crippen molar-refractivity contribution in [1.82, 2.24) is 4.90 Å². The van der Waals surface area contributed by atoms with E-state index in [1.807, 2.05) is 24.8 Å². The Morgan fingerprint density at radius 1 is 1.22 bits per heavy atom. The van der Waals surface area contributed by atoms with Crippen LogP contribution in [-0.2, 0) is 17.6 Å². The number of amides is 1. The summed E-state index contributed by atoms with van der Waals surface area (Å²) in [6, 6.07) is 5.88. The maximum Gasteiger partial charge on any atom is 0.241 e. The van der Waals surface area contributed by atoms with Crippen molar-refractivity contribution in [2.24, 2.45) is 0 Å². The van der Waals surface area contributed by atoms with Crippen molar-refractivity contribution in [1.29, 1.82) is 0 Å². The number of anilines is 1. The molecule has 4 nitrogen and oxygen atoms in total. The van der Waals surface area contributed by atoms with Gasteiger partial charge in [-0.2, -0.15) is 0 Å². The third-order valence-electron chi connectivity index (χ3n) is 4.17. The first kappa shape index (κ1) is 19.7. The lowest BCUT2D eigenvalue weighted by Gasteiger charge is -2.32. The number of carbonyl (C=O) groups excluding carboxylic acids is 1. The molecule has 0 aliphatic carbocycles. The van der Waals surface area contributed by atoms with Crippen LogP contribution >= 0.6 is 0 Å². The first-order chi connectivity index (χ1) is 10.7. The van der Waals surface area contributed by atoms with Crippen LogP contribution in [0, 0.1) is 0 Å². The quantitative estimate of drug-likeness (QED) is 0.773. The molecule has 1 atom stereocenters. The molecule has 130 valence electrons. The standard InChI is InChI=1S/C19H32N2O2/c1-7-15-11-10-12-16(8-2)17(15)20-18(22)14(4)21(9-3)13-19(5,6)23/h10-12,14,23H,7-9,13H2,1-6H3,(H,20,22). The van der Waals surface area contributed by atoms with Gasteiger partial charge in [0.15, 0.2) is 0 Å². The van der Waals surface area contributed by atoms with E-state index in [4.69, 9.17) is 0 Å². The van der Waals surface area contributed by atoms with Gasteiger partial charge < -0.3 is 10.4 Å². The largest absolute Gasteiger partial charge is 0.389 e. The number of aryl methyl sites for hydroxylation is 2. The topological polar surface area (TPSA) is 52.6 Å². The summed E-state index contributed by atoms with van der Waals surface area (Å²) in [5.74, 6) is -0.0216. The smallest absolute Gasteiger partial charge is 0.241 e. The van der Waals surface area contributed by atoms with Crippen molar-refractivity contribution in [3.05, 3.63) is 29.3 Å². The minimum atomic E-state index is -0.819. The van der Waals surface area contributed by atoms with Crippen LogP contribution in [0.3, 0.4) is 0 Å². The highest BCUT2D eigenvalue weighted by Crippen LogP contribution is 2.23. The lowest BCUT2D eigenvalue weighted by molar-refractivity contribution is -0.121. The molecule has 0 radical (unpaired) electrons. The highest BCUT2D eigenvalue weighted by molar-refractivity contribution is 5.96. The lowest BCUT2D eigenvalue weighted by Crippen LogP contribution is -2.48. The van der Waals surface area contributed by atoms with Gasteiger partial charge in [-0.15, -0.1) is 0 Å². The Labute approximate surface area is 140 Å². The fourth-order valence-electron chi connectivity index (χ4n) is 2.82. The molecule has 1 aromatic rings. The molecular formula is C19H32N2O2. The molecule has 1 unspecified atom stereocenters. The Kier molecular flexibility index (Phi) is 7.23. The minimum absolute atomic E-state index is 0.0216. The number of nitrogens with zero attached hydrogens (tertiary/aromatic N) is 1. The van der Waals surface area contributed by atoms with Gasteiger partial charge in [-0.05, 0) is 51.3 Å². The molecule has 1 aromatic carbocycles. The lowest BCUT2D eigenvalue weighted by atomic mass is 10.0. The van der Waals surface area contributed by atoms with Crippen molar-refractivity contribution >= 4 is 11.6 Å². The Morgan fingerprint density at radius 2 is 1.74 bits per heavy atom. The molecule has 0 bridgehead atoms. The number of nitrogens with one attached hydrogen (secondary N) is 1. The number of hydrogen-bond acceptors (Lipinski definition) is 3. The summed E-state index contributed by atoms with van der Waals surface area (Å²) in [5, 5.41) is 13.1.